The fourth-order valence-corrected chi connectivity index (χ4v) is 3.94. The molecule has 11 heteroatoms. The second kappa shape index (κ2) is 17.9. The lowest BCUT2D eigenvalue weighted by atomic mass is 9.98. The third-order valence-corrected chi connectivity index (χ3v) is 5.73. The minimum Gasteiger partial charge on any atom is -0.378 e. The van der Waals surface area contributed by atoms with Crippen LogP contribution in [0.1, 0.15) is 57.0 Å². The van der Waals surface area contributed by atoms with Crippen LogP contribution in [0.5, 0.6) is 0 Å². The number of methoxy groups -OCH3 is 2. The van der Waals surface area contributed by atoms with Crippen molar-refractivity contribution in [2.24, 2.45) is 11.7 Å². The van der Waals surface area contributed by atoms with Gasteiger partial charge >= 0.3 is 0 Å². The molecular weight excluding hydrogens is 504 g/mol. The van der Waals surface area contributed by atoms with Crippen LogP contribution >= 0.6 is 0 Å². The van der Waals surface area contributed by atoms with Gasteiger partial charge in [-0.1, -0.05) is 19.9 Å². The molecule has 222 valence electrons. The Balaban J connectivity index is 3.32. The summed E-state index contributed by atoms with van der Waals surface area (Å²) in [5.41, 5.74) is 6.50. The molecule has 0 aromatic heterocycles. The molecule has 1 rings (SSSR count). The first-order valence-corrected chi connectivity index (χ1v) is 13.3. The summed E-state index contributed by atoms with van der Waals surface area (Å²) in [6, 6.07) is 4.32. The highest BCUT2D eigenvalue weighted by atomic mass is 16.7. The monoisotopic (exact) mass is 552 g/mol. The molecule has 0 aliphatic rings. The van der Waals surface area contributed by atoms with Crippen LogP contribution in [0.2, 0.25) is 0 Å². The number of carbonyl (C=O) groups is 3. The zero-order chi connectivity index (χ0) is 29.4. The highest BCUT2D eigenvalue weighted by Gasteiger charge is 2.33. The lowest BCUT2D eigenvalue weighted by molar-refractivity contribution is -0.128. The van der Waals surface area contributed by atoms with E-state index in [0.29, 0.717) is 56.9 Å². The van der Waals surface area contributed by atoms with E-state index in [1.165, 1.54) is 14.2 Å². The van der Waals surface area contributed by atoms with Gasteiger partial charge < -0.3 is 40.2 Å². The molecule has 0 aliphatic carbocycles. The zero-order valence-corrected chi connectivity index (χ0v) is 24.6. The molecule has 0 aliphatic heterocycles. The Morgan fingerprint density at radius 3 is 2.23 bits per heavy atom. The summed E-state index contributed by atoms with van der Waals surface area (Å²) in [7, 11) is 3.06. The van der Waals surface area contributed by atoms with Crippen molar-refractivity contribution in [2.75, 3.05) is 59.1 Å². The summed E-state index contributed by atoms with van der Waals surface area (Å²) in [6.45, 7) is 11.7. The lowest BCUT2D eigenvalue weighted by Crippen LogP contribution is -2.55. The van der Waals surface area contributed by atoms with Gasteiger partial charge in [0.1, 0.15) is 6.04 Å². The number of rotatable bonds is 19. The number of nitrogens with one attached hydrogen (secondary N) is 2. The highest BCUT2D eigenvalue weighted by Crippen LogP contribution is 2.23. The van der Waals surface area contributed by atoms with Crippen LogP contribution in [0.3, 0.4) is 0 Å². The summed E-state index contributed by atoms with van der Waals surface area (Å²) in [5, 5.41) is 5.69. The van der Waals surface area contributed by atoms with E-state index < -0.39 is 17.9 Å². The Morgan fingerprint density at radius 1 is 1.05 bits per heavy atom. The second-order valence-electron chi connectivity index (χ2n) is 10.6. The average Bonchev–Trinajstić information content (AvgIpc) is 2.87. The van der Waals surface area contributed by atoms with E-state index in [1.807, 2.05) is 34.6 Å². The van der Waals surface area contributed by atoms with Crippen LogP contribution in [0.15, 0.2) is 18.2 Å². The number of anilines is 1. The maximum atomic E-state index is 13.9. The van der Waals surface area contributed by atoms with E-state index in [9.17, 15) is 14.4 Å². The van der Waals surface area contributed by atoms with Crippen molar-refractivity contribution in [3.8, 4) is 0 Å². The minimum absolute atomic E-state index is 0.149. The standard InChI is InChI=1S/C28H48N4O7/c1-20(2)16-24(26(34)31-28(3,4)5)32(11-13-39-15-14-38-12-10-29)27(35)22-9-8-21(18-25(36-6)37-7)23(17-22)30-19-33/h8-9,17,19-20,24-25H,10-16,18,29H2,1-7H3,(H,30,33)(H,31,34). The van der Waals surface area contributed by atoms with Gasteiger partial charge in [-0.3, -0.25) is 14.4 Å². The van der Waals surface area contributed by atoms with Crippen LogP contribution < -0.4 is 16.4 Å². The first-order chi connectivity index (χ1) is 18.5. The smallest absolute Gasteiger partial charge is 0.254 e. The van der Waals surface area contributed by atoms with Gasteiger partial charge in [-0.25, -0.2) is 0 Å². The van der Waals surface area contributed by atoms with E-state index in [-0.39, 0.29) is 30.9 Å². The predicted molar refractivity (Wildman–Crippen MR) is 151 cm³/mol. The molecule has 1 aromatic carbocycles. The van der Waals surface area contributed by atoms with E-state index in [4.69, 9.17) is 24.7 Å². The maximum absolute atomic E-state index is 13.9. The zero-order valence-electron chi connectivity index (χ0n) is 24.6. The topological polar surface area (TPSA) is 141 Å². The largest absolute Gasteiger partial charge is 0.378 e. The van der Waals surface area contributed by atoms with Crippen LogP contribution in [-0.2, 0) is 35.0 Å². The Morgan fingerprint density at radius 2 is 1.69 bits per heavy atom. The van der Waals surface area contributed by atoms with Gasteiger partial charge in [-0.05, 0) is 50.8 Å². The number of carbonyl (C=O) groups excluding carboxylic acids is 3. The maximum Gasteiger partial charge on any atom is 0.254 e. The first-order valence-electron chi connectivity index (χ1n) is 13.3. The molecule has 3 amide bonds. The number of hydrogen-bond donors (Lipinski definition) is 3. The molecule has 0 saturated heterocycles. The molecule has 0 radical (unpaired) electrons. The molecule has 4 N–H and O–H groups in total. The summed E-state index contributed by atoms with van der Waals surface area (Å²) >= 11 is 0. The Bertz CT molecular complexity index is 885. The Labute approximate surface area is 233 Å². The van der Waals surface area contributed by atoms with Crippen LogP contribution in [0.4, 0.5) is 5.69 Å². The molecule has 11 nitrogen and oxygen atoms in total. The fourth-order valence-electron chi connectivity index (χ4n) is 3.94. The van der Waals surface area contributed by atoms with Crippen LogP contribution in [0, 0.1) is 5.92 Å². The Hall–Kier alpha value is -2.57. The van der Waals surface area contributed by atoms with E-state index in [1.54, 1.807) is 23.1 Å². The molecule has 0 saturated carbocycles. The fraction of sp³-hybridized carbons (Fsp3) is 0.679. The van der Waals surface area contributed by atoms with Crippen molar-refractivity contribution in [1.82, 2.24) is 10.2 Å². The number of ether oxygens (including phenoxy) is 4. The third-order valence-electron chi connectivity index (χ3n) is 5.73. The van der Waals surface area contributed by atoms with Crippen molar-refractivity contribution in [3.05, 3.63) is 29.3 Å². The molecule has 1 aromatic rings. The normalized spacial score (nSPS) is 12.5. The molecule has 1 unspecified atom stereocenters. The van der Waals surface area contributed by atoms with Gasteiger partial charge in [0.25, 0.3) is 5.91 Å². The second-order valence-corrected chi connectivity index (χ2v) is 10.6. The van der Waals surface area contributed by atoms with Crippen molar-refractivity contribution >= 4 is 23.9 Å². The van der Waals surface area contributed by atoms with E-state index >= 15 is 0 Å². The summed E-state index contributed by atoms with van der Waals surface area (Å²) < 4.78 is 21.6. The highest BCUT2D eigenvalue weighted by molar-refractivity contribution is 5.99. The third kappa shape index (κ3) is 12.9. The predicted octanol–water partition coefficient (Wildman–Crippen LogP) is 2.18. The molecule has 39 heavy (non-hydrogen) atoms. The molecule has 1 atom stereocenters. The first kappa shape index (κ1) is 34.5. The molecule has 0 spiro atoms. The van der Waals surface area contributed by atoms with Crippen molar-refractivity contribution < 1.29 is 33.3 Å². The number of nitrogens with zero attached hydrogens (tertiary/aromatic N) is 1. The lowest BCUT2D eigenvalue weighted by Gasteiger charge is -2.34. The average molecular weight is 553 g/mol. The quantitative estimate of drug-likeness (QED) is 0.135. The van der Waals surface area contributed by atoms with Crippen molar-refractivity contribution in [2.45, 2.75) is 65.3 Å². The number of hydrogen-bond acceptors (Lipinski definition) is 8. The van der Waals surface area contributed by atoms with Crippen molar-refractivity contribution in [1.29, 1.82) is 0 Å². The molecule has 0 heterocycles. The van der Waals surface area contributed by atoms with Crippen LogP contribution in [-0.4, -0.2) is 94.7 Å². The Kier molecular flexibility index (Phi) is 15.8. The number of nitrogens with two attached hydrogens (primary N) is 1. The van der Waals surface area contributed by atoms with Gasteiger partial charge in [-0.2, -0.15) is 0 Å². The van der Waals surface area contributed by atoms with E-state index in [0.717, 1.165) is 5.56 Å². The summed E-state index contributed by atoms with van der Waals surface area (Å²) in [5.74, 6) is -0.429. The SMILES string of the molecule is COC(Cc1ccc(C(=O)N(CCOCCOCCN)C(CC(C)C)C(=O)NC(C)(C)C)cc1NC=O)OC. The molecular formula is C28H48N4O7. The summed E-state index contributed by atoms with van der Waals surface area (Å²) in [4.78, 5) is 40.2. The molecule has 0 bridgehead atoms. The van der Waals surface area contributed by atoms with Gasteiger partial charge in [0.2, 0.25) is 12.3 Å². The van der Waals surface area contributed by atoms with Crippen LogP contribution in [0.25, 0.3) is 0 Å². The molecule has 0 fully saturated rings. The number of benzene rings is 1. The van der Waals surface area contributed by atoms with Gasteiger partial charge in [-0.15, -0.1) is 0 Å². The van der Waals surface area contributed by atoms with Gasteiger partial charge in [0.05, 0.1) is 26.4 Å². The summed E-state index contributed by atoms with van der Waals surface area (Å²) in [6.07, 6.45) is 0.871. The van der Waals surface area contributed by atoms with E-state index in [2.05, 4.69) is 10.6 Å². The van der Waals surface area contributed by atoms with Gasteiger partial charge in [0.15, 0.2) is 6.29 Å². The van der Waals surface area contributed by atoms with Crippen molar-refractivity contribution in [3.63, 3.8) is 0 Å². The number of amides is 3. The minimum atomic E-state index is -0.720. The van der Waals surface area contributed by atoms with Gasteiger partial charge in [0, 0.05) is 50.5 Å².